The van der Waals surface area contributed by atoms with Gasteiger partial charge in [-0.05, 0) is 5.92 Å². The Hall–Kier alpha value is -1.28. The Morgan fingerprint density at radius 2 is 2.27 bits per heavy atom. The smallest absolute Gasteiger partial charge is 0.409 e. The summed E-state index contributed by atoms with van der Waals surface area (Å²) in [7, 11) is 0. The lowest BCUT2D eigenvalue weighted by atomic mass is 10.2. The van der Waals surface area contributed by atoms with Gasteiger partial charge in [-0.15, -0.1) is 0 Å². The van der Waals surface area contributed by atoms with Crippen molar-refractivity contribution in [1.82, 2.24) is 4.90 Å². The molecule has 86 valence electrons. The van der Waals surface area contributed by atoms with E-state index >= 15 is 0 Å². The van der Waals surface area contributed by atoms with Gasteiger partial charge in [0.2, 0.25) is 0 Å². The van der Waals surface area contributed by atoms with Gasteiger partial charge in [-0.3, -0.25) is 0 Å². The number of rotatable bonds is 6. The average molecular weight is 214 g/mol. The minimum atomic E-state index is -0.465. The molecular formula is C10H18N2O3. The van der Waals surface area contributed by atoms with E-state index in [1.165, 1.54) is 4.90 Å². The monoisotopic (exact) mass is 214 g/mol. The molecule has 0 aliphatic carbocycles. The first-order valence-electron chi connectivity index (χ1n) is 5.01. The van der Waals surface area contributed by atoms with Crippen LogP contribution in [0.4, 0.5) is 4.79 Å². The summed E-state index contributed by atoms with van der Waals surface area (Å²) in [5.41, 5.74) is 0. The number of ether oxygens (including phenoxy) is 1. The Morgan fingerprint density at radius 3 is 2.73 bits per heavy atom. The van der Waals surface area contributed by atoms with Crippen LogP contribution in [0.25, 0.3) is 0 Å². The second-order valence-electron chi connectivity index (χ2n) is 3.59. The molecule has 0 saturated heterocycles. The van der Waals surface area contributed by atoms with Crippen molar-refractivity contribution in [2.24, 2.45) is 5.92 Å². The van der Waals surface area contributed by atoms with Crippen LogP contribution in [-0.4, -0.2) is 42.4 Å². The number of carbonyl (C=O) groups is 1. The summed E-state index contributed by atoms with van der Waals surface area (Å²) in [5.74, 6) is 0.324. The highest BCUT2D eigenvalue weighted by molar-refractivity contribution is 5.67. The number of aliphatic hydroxyl groups excluding tert-OH is 1. The van der Waals surface area contributed by atoms with E-state index in [9.17, 15) is 4.79 Å². The van der Waals surface area contributed by atoms with E-state index in [4.69, 9.17) is 15.1 Å². The fraction of sp³-hybridized carbons (Fsp3) is 0.800. The molecule has 0 atom stereocenters. The lowest BCUT2D eigenvalue weighted by Crippen LogP contribution is -2.35. The third-order valence-electron chi connectivity index (χ3n) is 1.65. The molecule has 0 spiro atoms. The Balaban J connectivity index is 4.09. The quantitative estimate of drug-likeness (QED) is 0.715. The first kappa shape index (κ1) is 13.7. The first-order chi connectivity index (χ1) is 7.11. The Bertz CT molecular complexity index is 223. The molecule has 0 saturated carbocycles. The number of hydrogen-bond donors (Lipinski definition) is 1. The lowest BCUT2D eigenvalue weighted by molar-refractivity contribution is 0.0814. The van der Waals surface area contributed by atoms with E-state index in [-0.39, 0.29) is 13.2 Å². The minimum absolute atomic E-state index is 0.0000177. The van der Waals surface area contributed by atoms with Crippen LogP contribution in [0, 0.1) is 17.2 Å². The van der Waals surface area contributed by atoms with Crippen molar-refractivity contribution in [1.29, 1.82) is 5.26 Å². The number of hydrogen-bond acceptors (Lipinski definition) is 4. The molecule has 0 aliphatic heterocycles. The molecule has 0 heterocycles. The van der Waals surface area contributed by atoms with Crippen LogP contribution >= 0.6 is 0 Å². The molecule has 15 heavy (non-hydrogen) atoms. The molecule has 5 nitrogen and oxygen atoms in total. The molecule has 0 aromatic carbocycles. The SMILES string of the molecule is CC(C)CN(CCC#N)C(=O)OCCO. The summed E-state index contributed by atoms with van der Waals surface area (Å²) >= 11 is 0. The van der Waals surface area contributed by atoms with Gasteiger partial charge < -0.3 is 14.7 Å². The van der Waals surface area contributed by atoms with E-state index in [1.807, 2.05) is 19.9 Å². The maximum atomic E-state index is 11.4. The van der Waals surface area contributed by atoms with Crippen molar-refractivity contribution in [3.8, 4) is 6.07 Å². The van der Waals surface area contributed by atoms with Gasteiger partial charge in [0.15, 0.2) is 0 Å². The van der Waals surface area contributed by atoms with Crippen LogP contribution in [0.2, 0.25) is 0 Å². The Morgan fingerprint density at radius 1 is 1.60 bits per heavy atom. The largest absolute Gasteiger partial charge is 0.447 e. The first-order valence-corrected chi connectivity index (χ1v) is 5.01. The molecule has 0 fully saturated rings. The van der Waals surface area contributed by atoms with Gasteiger partial charge in [0.25, 0.3) is 0 Å². The summed E-state index contributed by atoms with van der Waals surface area (Å²) < 4.78 is 4.78. The van der Waals surface area contributed by atoms with Crippen LogP contribution in [-0.2, 0) is 4.74 Å². The molecule has 0 rings (SSSR count). The van der Waals surface area contributed by atoms with Crippen LogP contribution in [0.15, 0.2) is 0 Å². The van der Waals surface area contributed by atoms with Gasteiger partial charge in [-0.1, -0.05) is 13.8 Å². The van der Waals surface area contributed by atoms with Crippen molar-refractivity contribution in [2.45, 2.75) is 20.3 Å². The molecule has 1 amide bonds. The Labute approximate surface area is 90.2 Å². The normalized spacial score (nSPS) is 9.80. The zero-order chi connectivity index (χ0) is 11.7. The predicted molar refractivity (Wildman–Crippen MR) is 55.1 cm³/mol. The van der Waals surface area contributed by atoms with Gasteiger partial charge in [0.1, 0.15) is 6.61 Å². The van der Waals surface area contributed by atoms with E-state index in [0.717, 1.165) is 0 Å². The lowest BCUT2D eigenvalue weighted by Gasteiger charge is -2.22. The van der Waals surface area contributed by atoms with Crippen molar-refractivity contribution in [3.05, 3.63) is 0 Å². The van der Waals surface area contributed by atoms with Crippen molar-refractivity contribution < 1.29 is 14.6 Å². The molecule has 0 aromatic heterocycles. The van der Waals surface area contributed by atoms with Gasteiger partial charge in [-0.25, -0.2) is 4.79 Å². The number of aliphatic hydroxyl groups is 1. The predicted octanol–water partition coefficient (Wildman–Crippen LogP) is 0.987. The van der Waals surface area contributed by atoms with Crippen molar-refractivity contribution in [2.75, 3.05) is 26.3 Å². The fourth-order valence-electron chi connectivity index (χ4n) is 1.11. The second kappa shape index (κ2) is 8.06. The Kier molecular flexibility index (Phi) is 7.38. The summed E-state index contributed by atoms with van der Waals surface area (Å²) in [6.07, 6.45) is -0.172. The second-order valence-corrected chi connectivity index (χ2v) is 3.59. The maximum Gasteiger partial charge on any atom is 0.409 e. The molecule has 0 bridgehead atoms. The van der Waals surface area contributed by atoms with Gasteiger partial charge in [0.05, 0.1) is 19.1 Å². The maximum absolute atomic E-state index is 11.4. The van der Waals surface area contributed by atoms with Crippen LogP contribution in [0.1, 0.15) is 20.3 Å². The third kappa shape index (κ3) is 6.75. The van der Waals surface area contributed by atoms with E-state index in [0.29, 0.717) is 25.4 Å². The average Bonchev–Trinajstić information content (AvgIpc) is 2.20. The summed E-state index contributed by atoms with van der Waals surface area (Å²) in [6.45, 7) is 4.72. The number of carbonyl (C=O) groups excluding carboxylic acids is 1. The number of amides is 1. The van der Waals surface area contributed by atoms with E-state index in [2.05, 4.69) is 0 Å². The molecule has 0 aromatic rings. The molecule has 0 aliphatic rings. The third-order valence-corrected chi connectivity index (χ3v) is 1.65. The summed E-state index contributed by atoms with van der Waals surface area (Å²) in [5, 5.41) is 16.9. The topological polar surface area (TPSA) is 73.6 Å². The zero-order valence-electron chi connectivity index (χ0n) is 9.27. The summed E-state index contributed by atoms with van der Waals surface area (Å²) in [6, 6.07) is 1.98. The van der Waals surface area contributed by atoms with Crippen molar-refractivity contribution in [3.63, 3.8) is 0 Å². The molecule has 5 heteroatoms. The number of nitriles is 1. The van der Waals surface area contributed by atoms with Crippen LogP contribution < -0.4 is 0 Å². The highest BCUT2D eigenvalue weighted by Crippen LogP contribution is 2.02. The van der Waals surface area contributed by atoms with Gasteiger partial charge >= 0.3 is 6.09 Å². The highest BCUT2D eigenvalue weighted by Gasteiger charge is 2.15. The number of nitrogens with zero attached hydrogens (tertiary/aromatic N) is 2. The van der Waals surface area contributed by atoms with Gasteiger partial charge in [0, 0.05) is 13.1 Å². The van der Waals surface area contributed by atoms with E-state index in [1.54, 1.807) is 0 Å². The minimum Gasteiger partial charge on any atom is -0.447 e. The molecular weight excluding hydrogens is 196 g/mol. The van der Waals surface area contributed by atoms with Gasteiger partial charge in [-0.2, -0.15) is 5.26 Å². The summed E-state index contributed by atoms with van der Waals surface area (Å²) in [4.78, 5) is 12.9. The standard InChI is InChI=1S/C10H18N2O3/c1-9(2)8-12(5-3-4-11)10(14)15-7-6-13/h9,13H,3,5-8H2,1-2H3. The van der Waals surface area contributed by atoms with Crippen LogP contribution in [0.3, 0.4) is 0 Å². The fourth-order valence-corrected chi connectivity index (χ4v) is 1.11. The zero-order valence-corrected chi connectivity index (χ0v) is 9.27. The highest BCUT2D eigenvalue weighted by atomic mass is 16.6. The molecule has 0 unspecified atom stereocenters. The van der Waals surface area contributed by atoms with E-state index < -0.39 is 6.09 Å². The van der Waals surface area contributed by atoms with Crippen molar-refractivity contribution >= 4 is 6.09 Å². The van der Waals surface area contributed by atoms with Crippen LogP contribution in [0.5, 0.6) is 0 Å². The molecule has 1 N–H and O–H groups in total. The molecule has 0 radical (unpaired) electrons.